The average Bonchev–Trinajstić information content (AvgIpc) is 3.24. The number of benzene rings is 1. The van der Waals surface area contributed by atoms with Crippen LogP contribution in [0.15, 0.2) is 24.3 Å². The van der Waals surface area contributed by atoms with Gasteiger partial charge in [-0.3, -0.25) is 9.59 Å². The highest BCUT2D eigenvalue weighted by atomic mass is 19.1. The SMILES string of the molecule is O=C(O)[C@H]1CCCN(C(=O)c2nn(-c3ccccc3F)c3c2CCC3)C1. The molecule has 136 valence electrons. The van der Waals surface area contributed by atoms with Gasteiger partial charge in [-0.15, -0.1) is 0 Å². The second-order valence-electron chi connectivity index (χ2n) is 6.92. The van der Waals surface area contributed by atoms with Gasteiger partial charge < -0.3 is 10.0 Å². The van der Waals surface area contributed by atoms with Crippen LogP contribution >= 0.6 is 0 Å². The van der Waals surface area contributed by atoms with Gasteiger partial charge in [-0.2, -0.15) is 5.10 Å². The number of carbonyl (C=O) groups is 2. The monoisotopic (exact) mass is 357 g/mol. The van der Waals surface area contributed by atoms with Gasteiger partial charge in [0.15, 0.2) is 5.69 Å². The number of para-hydroxylation sites is 1. The van der Waals surface area contributed by atoms with Crippen molar-refractivity contribution in [2.75, 3.05) is 13.1 Å². The molecule has 1 atom stereocenters. The maximum absolute atomic E-state index is 14.2. The van der Waals surface area contributed by atoms with E-state index in [1.54, 1.807) is 27.8 Å². The number of rotatable bonds is 3. The summed E-state index contributed by atoms with van der Waals surface area (Å²) in [5.41, 5.74) is 2.43. The molecule has 1 aliphatic carbocycles. The van der Waals surface area contributed by atoms with Crippen molar-refractivity contribution in [3.05, 3.63) is 47.0 Å². The summed E-state index contributed by atoms with van der Waals surface area (Å²) in [5.74, 6) is -2.03. The largest absolute Gasteiger partial charge is 0.481 e. The van der Waals surface area contributed by atoms with Crippen molar-refractivity contribution in [2.45, 2.75) is 32.1 Å². The number of aromatic nitrogens is 2. The van der Waals surface area contributed by atoms with E-state index in [9.17, 15) is 19.1 Å². The first kappa shape index (κ1) is 16.8. The van der Waals surface area contributed by atoms with Gasteiger partial charge in [-0.1, -0.05) is 12.1 Å². The Kier molecular flexibility index (Phi) is 4.22. The molecule has 1 fully saturated rings. The van der Waals surface area contributed by atoms with Gasteiger partial charge in [0.2, 0.25) is 0 Å². The van der Waals surface area contributed by atoms with E-state index in [4.69, 9.17) is 0 Å². The van der Waals surface area contributed by atoms with Crippen LogP contribution in [-0.4, -0.2) is 44.8 Å². The van der Waals surface area contributed by atoms with E-state index in [1.165, 1.54) is 6.07 Å². The van der Waals surface area contributed by atoms with E-state index in [2.05, 4.69) is 5.10 Å². The van der Waals surface area contributed by atoms with E-state index >= 15 is 0 Å². The third-order valence-corrected chi connectivity index (χ3v) is 5.27. The van der Waals surface area contributed by atoms with E-state index < -0.39 is 11.9 Å². The molecule has 0 spiro atoms. The van der Waals surface area contributed by atoms with Crippen LogP contribution in [0.4, 0.5) is 4.39 Å². The number of carbonyl (C=O) groups excluding carboxylic acids is 1. The van der Waals surface area contributed by atoms with E-state index in [0.717, 1.165) is 30.5 Å². The van der Waals surface area contributed by atoms with Gasteiger partial charge in [-0.05, 0) is 44.2 Å². The molecule has 4 rings (SSSR count). The number of piperidine rings is 1. The van der Waals surface area contributed by atoms with Crippen LogP contribution in [0.5, 0.6) is 0 Å². The Hall–Kier alpha value is -2.70. The van der Waals surface area contributed by atoms with Crippen molar-refractivity contribution in [2.24, 2.45) is 5.92 Å². The molecule has 26 heavy (non-hydrogen) atoms. The van der Waals surface area contributed by atoms with Crippen molar-refractivity contribution in [3.8, 4) is 5.69 Å². The van der Waals surface area contributed by atoms with Crippen LogP contribution in [0.1, 0.15) is 41.0 Å². The highest BCUT2D eigenvalue weighted by Gasteiger charge is 2.33. The molecular formula is C19H20FN3O3. The fraction of sp³-hybridized carbons (Fsp3) is 0.421. The lowest BCUT2D eigenvalue weighted by molar-refractivity contribution is -0.143. The molecule has 1 aliphatic heterocycles. The van der Waals surface area contributed by atoms with Gasteiger partial charge in [0.1, 0.15) is 11.5 Å². The summed E-state index contributed by atoms with van der Waals surface area (Å²) in [6.07, 6.45) is 3.64. The number of amides is 1. The predicted molar refractivity (Wildman–Crippen MR) is 91.8 cm³/mol. The van der Waals surface area contributed by atoms with Crippen LogP contribution in [-0.2, 0) is 17.6 Å². The Morgan fingerprint density at radius 1 is 1.19 bits per heavy atom. The molecule has 2 aliphatic rings. The Bertz CT molecular complexity index is 877. The lowest BCUT2D eigenvalue weighted by Crippen LogP contribution is -2.42. The molecule has 0 radical (unpaired) electrons. The maximum atomic E-state index is 14.2. The summed E-state index contributed by atoms with van der Waals surface area (Å²) in [4.78, 5) is 25.9. The quantitative estimate of drug-likeness (QED) is 0.915. The second-order valence-corrected chi connectivity index (χ2v) is 6.92. The minimum absolute atomic E-state index is 0.204. The van der Waals surface area contributed by atoms with Crippen molar-refractivity contribution in [3.63, 3.8) is 0 Å². The first-order valence-corrected chi connectivity index (χ1v) is 8.94. The number of hydrogen-bond acceptors (Lipinski definition) is 3. The number of carboxylic acids is 1. The lowest BCUT2D eigenvalue weighted by Gasteiger charge is -2.30. The Labute approximate surface area is 150 Å². The van der Waals surface area contributed by atoms with Gasteiger partial charge >= 0.3 is 5.97 Å². The summed E-state index contributed by atoms with van der Waals surface area (Å²) in [7, 11) is 0. The van der Waals surface area contributed by atoms with Crippen LogP contribution < -0.4 is 0 Å². The fourth-order valence-electron chi connectivity index (χ4n) is 3.94. The third-order valence-electron chi connectivity index (χ3n) is 5.27. The first-order valence-electron chi connectivity index (χ1n) is 8.94. The molecule has 2 heterocycles. The zero-order valence-electron chi connectivity index (χ0n) is 14.3. The number of halogens is 1. The number of fused-ring (bicyclic) bond motifs is 1. The number of nitrogens with zero attached hydrogens (tertiary/aromatic N) is 3. The highest BCUT2D eigenvalue weighted by molar-refractivity contribution is 5.94. The van der Waals surface area contributed by atoms with Crippen LogP contribution in [0, 0.1) is 11.7 Å². The summed E-state index contributed by atoms with van der Waals surface area (Å²) >= 11 is 0. The molecule has 1 aromatic heterocycles. The minimum atomic E-state index is -0.871. The van der Waals surface area contributed by atoms with E-state index in [1.807, 2.05) is 0 Å². The maximum Gasteiger partial charge on any atom is 0.308 e. The van der Waals surface area contributed by atoms with E-state index in [0.29, 0.717) is 30.8 Å². The van der Waals surface area contributed by atoms with E-state index in [-0.39, 0.29) is 18.3 Å². The van der Waals surface area contributed by atoms with Crippen molar-refractivity contribution >= 4 is 11.9 Å². The number of likely N-dealkylation sites (tertiary alicyclic amines) is 1. The molecule has 1 N–H and O–H groups in total. The number of hydrogen-bond donors (Lipinski definition) is 1. The van der Waals surface area contributed by atoms with Gasteiger partial charge in [-0.25, -0.2) is 9.07 Å². The lowest BCUT2D eigenvalue weighted by atomic mass is 9.98. The molecule has 0 unspecified atom stereocenters. The predicted octanol–water partition coefficient (Wildman–Crippen LogP) is 2.44. The van der Waals surface area contributed by atoms with Gasteiger partial charge in [0, 0.05) is 24.3 Å². The van der Waals surface area contributed by atoms with Gasteiger partial charge in [0.05, 0.1) is 5.92 Å². The van der Waals surface area contributed by atoms with Crippen molar-refractivity contribution < 1.29 is 19.1 Å². The zero-order valence-corrected chi connectivity index (χ0v) is 14.3. The van der Waals surface area contributed by atoms with Gasteiger partial charge in [0.25, 0.3) is 5.91 Å². The van der Waals surface area contributed by atoms with Crippen LogP contribution in [0.2, 0.25) is 0 Å². The van der Waals surface area contributed by atoms with Crippen LogP contribution in [0.3, 0.4) is 0 Å². The molecule has 1 saturated heterocycles. The first-order chi connectivity index (χ1) is 12.6. The standard InChI is InChI=1S/C19H20FN3O3/c20-14-7-1-2-8-16(14)23-15-9-3-6-13(15)17(21-23)18(24)22-10-4-5-12(11-22)19(25)26/h1-2,7-8,12H,3-6,9-11H2,(H,25,26)/t12-/m0/s1. The van der Waals surface area contributed by atoms with Crippen molar-refractivity contribution in [1.29, 1.82) is 0 Å². The normalized spacial score (nSPS) is 19.4. The smallest absolute Gasteiger partial charge is 0.308 e. The fourth-order valence-corrected chi connectivity index (χ4v) is 3.94. The zero-order chi connectivity index (χ0) is 18.3. The molecule has 1 amide bonds. The molecule has 7 heteroatoms. The summed E-state index contributed by atoms with van der Waals surface area (Å²) in [5, 5.41) is 13.7. The Morgan fingerprint density at radius 2 is 2.00 bits per heavy atom. The number of aliphatic carboxylic acids is 1. The van der Waals surface area contributed by atoms with Crippen LogP contribution in [0.25, 0.3) is 5.69 Å². The second kappa shape index (κ2) is 6.55. The molecule has 0 saturated carbocycles. The highest BCUT2D eigenvalue weighted by Crippen LogP contribution is 2.30. The molecular weight excluding hydrogens is 337 g/mol. The third kappa shape index (κ3) is 2.77. The summed E-state index contributed by atoms with van der Waals surface area (Å²) in [6.45, 7) is 0.736. The number of carboxylic acid groups (broad SMARTS) is 1. The van der Waals surface area contributed by atoms with Crippen molar-refractivity contribution in [1.82, 2.24) is 14.7 Å². The Balaban J connectivity index is 1.69. The Morgan fingerprint density at radius 3 is 2.77 bits per heavy atom. The molecule has 0 bridgehead atoms. The molecule has 2 aromatic rings. The topological polar surface area (TPSA) is 75.4 Å². The summed E-state index contributed by atoms with van der Waals surface area (Å²) < 4.78 is 15.8. The molecule has 6 nitrogen and oxygen atoms in total. The average molecular weight is 357 g/mol. The molecule has 1 aromatic carbocycles. The summed E-state index contributed by atoms with van der Waals surface area (Å²) in [6, 6.07) is 6.39. The minimum Gasteiger partial charge on any atom is -0.481 e.